The molecule has 14 atom stereocenters. The van der Waals surface area contributed by atoms with Crippen molar-refractivity contribution in [2.45, 2.75) is 154 Å². The number of imidazole rings is 1. The molecule has 0 unspecified atom stereocenters. The molecule has 2 fully saturated rings. The van der Waals surface area contributed by atoms with Gasteiger partial charge in [0, 0.05) is 43.0 Å². The van der Waals surface area contributed by atoms with Gasteiger partial charge in [0.1, 0.15) is 23.9 Å². The van der Waals surface area contributed by atoms with E-state index in [9.17, 15) is 30.3 Å². The lowest BCUT2D eigenvalue weighted by atomic mass is 9.78. The van der Waals surface area contributed by atoms with Crippen LogP contribution in [0.25, 0.3) is 0 Å². The number of aliphatic hydroxyl groups excluding tert-OH is 3. The SMILES string of the molecule is CC[C@H]1OC(=O)[C@H](C)[C@@H](O)[C@H](C)[C@@H](O[C@@H]2O[C@H](C)C[C@H](N(C)C)[C@H]2O)[C@](C)(O)C[C@@H](C)CN(CCCNCc2cnc[nH]2)[C@H](C)[C@@H](O)[C@]1(C)O. The highest BCUT2D eigenvalue weighted by atomic mass is 16.7. The molecule has 290 valence electrons. The van der Waals surface area contributed by atoms with E-state index in [1.807, 2.05) is 39.8 Å². The number of rotatable bonds is 10. The molecule has 0 aliphatic carbocycles. The van der Waals surface area contributed by atoms with Crippen LogP contribution in [0.3, 0.4) is 0 Å². The summed E-state index contributed by atoms with van der Waals surface area (Å²) in [5.74, 6) is -2.76. The highest BCUT2D eigenvalue weighted by Crippen LogP contribution is 2.36. The van der Waals surface area contributed by atoms with E-state index >= 15 is 0 Å². The summed E-state index contributed by atoms with van der Waals surface area (Å²) in [5, 5.41) is 62.0. The monoisotopic (exact) mass is 713 g/mol. The number of aromatic nitrogens is 2. The number of aromatic amines is 1. The van der Waals surface area contributed by atoms with E-state index in [0.29, 0.717) is 32.6 Å². The number of hydrogen-bond donors (Lipinski definition) is 7. The maximum atomic E-state index is 13.6. The number of hydrogen-bond acceptors (Lipinski definition) is 13. The minimum atomic E-state index is -1.80. The predicted octanol–water partition coefficient (Wildman–Crippen LogP) is 1.25. The first-order valence-corrected chi connectivity index (χ1v) is 18.4. The number of H-pyrrole nitrogens is 1. The number of esters is 1. The van der Waals surface area contributed by atoms with Gasteiger partial charge in [-0.3, -0.25) is 9.69 Å². The Morgan fingerprint density at radius 2 is 1.80 bits per heavy atom. The van der Waals surface area contributed by atoms with Crippen LogP contribution in [0.2, 0.25) is 0 Å². The van der Waals surface area contributed by atoms with E-state index in [1.165, 1.54) is 13.8 Å². The van der Waals surface area contributed by atoms with E-state index in [1.54, 1.807) is 33.3 Å². The minimum absolute atomic E-state index is 0.147. The topological polar surface area (TPSA) is 193 Å². The van der Waals surface area contributed by atoms with Gasteiger partial charge < -0.3 is 54.9 Å². The van der Waals surface area contributed by atoms with Gasteiger partial charge in [-0.25, -0.2) is 4.98 Å². The van der Waals surface area contributed by atoms with Crippen molar-refractivity contribution in [1.82, 2.24) is 25.1 Å². The van der Waals surface area contributed by atoms with Gasteiger partial charge in [-0.1, -0.05) is 20.8 Å². The molecule has 0 saturated carbocycles. The summed E-state index contributed by atoms with van der Waals surface area (Å²) >= 11 is 0. The first-order chi connectivity index (χ1) is 23.3. The van der Waals surface area contributed by atoms with E-state index in [2.05, 4.69) is 20.2 Å². The highest BCUT2D eigenvalue weighted by Gasteiger charge is 2.50. The Morgan fingerprint density at radius 3 is 2.40 bits per heavy atom. The minimum Gasteiger partial charge on any atom is -0.459 e. The second-order valence-electron chi connectivity index (χ2n) is 15.8. The average Bonchev–Trinajstić information content (AvgIpc) is 3.57. The van der Waals surface area contributed by atoms with Crippen molar-refractivity contribution in [3.05, 3.63) is 18.2 Å². The Bertz CT molecular complexity index is 1160. The second kappa shape index (κ2) is 18.4. The normalized spacial score (nSPS) is 41.8. The Morgan fingerprint density at radius 1 is 1.12 bits per heavy atom. The fraction of sp³-hybridized carbons (Fsp3) is 0.889. The summed E-state index contributed by atoms with van der Waals surface area (Å²) in [7, 11) is 3.76. The molecule has 0 amide bonds. The Hall–Kier alpha value is -1.72. The van der Waals surface area contributed by atoms with Crippen LogP contribution in [-0.2, 0) is 25.5 Å². The van der Waals surface area contributed by atoms with Crippen LogP contribution in [0.5, 0.6) is 0 Å². The lowest BCUT2D eigenvalue weighted by molar-refractivity contribution is -0.299. The number of likely N-dealkylation sites (N-methyl/N-ethyl adjacent to an activating group) is 1. The lowest BCUT2D eigenvalue weighted by Gasteiger charge is -2.46. The van der Waals surface area contributed by atoms with Crippen LogP contribution in [-0.4, -0.2) is 151 Å². The van der Waals surface area contributed by atoms with Gasteiger partial charge in [0.05, 0.1) is 36.2 Å². The molecule has 0 bridgehead atoms. The van der Waals surface area contributed by atoms with Crippen molar-refractivity contribution in [2.75, 3.05) is 33.7 Å². The van der Waals surface area contributed by atoms with Gasteiger partial charge in [0.25, 0.3) is 0 Å². The summed E-state index contributed by atoms with van der Waals surface area (Å²) in [4.78, 5) is 24.7. The fourth-order valence-electron chi connectivity index (χ4n) is 7.91. The summed E-state index contributed by atoms with van der Waals surface area (Å²) in [6, 6.07) is -0.801. The van der Waals surface area contributed by atoms with E-state index in [4.69, 9.17) is 14.2 Å². The molecule has 2 aliphatic rings. The molecule has 0 spiro atoms. The lowest BCUT2D eigenvalue weighted by Crippen LogP contribution is -2.59. The summed E-state index contributed by atoms with van der Waals surface area (Å²) < 4.78 is 18.4. The van der Waals surface area contributed by atoms with Gasteiger partial charge in [0.2, 0.25) is 0 Å². The fourth-order valence-corrected chi connectivity index (χ4v) is 7.91. The number of nitrogens with zero attached hydrogens (tertiary/aromatic N) is 3. The molecule has 14 heteroatoms. The third-order valence-corrected chi connectivity index (χ3v) is 11.0. The zero-order valence-electron chi connectivity index (χ0n) is 32.0. The van der Waals surface area contributed by atoms with Crippen molar-refractivity contribution in [3.63, 3.8) is 0 Å². The molecule has 2 saturated heterocycles. The number of nitrogens with one attached hydrogen (secondary N) is 2. The molecule has 1 aromatic heterocycles. The molecule has 0 radical (unpaired) electrons. The van der Waals surface area contributed by atoms with Crippen LogP contribution in [0, 0.1) is 17.8 Å². The van der Waals surface area contributed by atoms with Gasteiger partial charge >= 0.3 is 5.97 Å². The van der Waals surface area contributed by atoms with Crippen molar-refractivity contribution in [1.29, 1.82) is 0 Å². The third kappa shape index (κ3) is 10.7. The Kier molecular flexibility index (Phi) is 15.7. The summed E-state index contributed by atoms with van der Waals surface area (Å²) in [6.45, 7) is 16.3. The van der Waals surface area contributed by atoms with Crippen molar-refractivity contribution >= 4 is 5.97 Å². The van der Waals surface area contributed by atoms with Gasteiger partial charge in [-0.05, 0) is 93.4 Å². The Labute approximate surface area is 298 Å². The van der Waals surface area contributed by atoms with Crippen molar-refractivity contribution < 1.29 is 44.5 Å². The van der Waals surface area contributed by atoms with Gasteiger partial charge in [-0.2, -0.15) is 0 Å². The first-order valence-electron chi connectivity index (χ1n) is 18.4. The summed E-state index contributed by atoms with van der Waals surface area (Å²) in [6.07, 6.45) is -1.87. The molecular formula is C36H67N5O9. The number of carbonyl (C=O) groups is 1. The molecule has 7 N–H and O–H groups in total. The highest BCUT2D eigenvalue weighted by molar-refractivity contribution is 5.73. The van der Waals surface area contributed by atoms with Gasteiger partial charge in [-0.15, -0.1) is 0 Å². The maximum Gasteiger partial charge on any atom is 0.311 e. The van der Waals surface area contributed by atoms with Crippen molar-refractivity contribution in [2.24, 2.45) is 17.8 Å². The number of aliphatic hydroxyl groups is 5. The zero-order chi connectivity index (χ0) is 37.6. The Balaban J connectivity index is 1.96. The van der Waals surface area contributed by atoms with Crippen LogP contribution >= 0.6 is 0 Å². The van der Waals surface area contributed by atoms with Crippen LogP contribution in [0.15, 0.2) is 12.5 Å². The molecule has 14 nitrogen and oxygen atoms in total. The van der Waals surface area contributed by atoms with E-state index < -0.39 is 71.9 Å². The molecule has 0 aromatic carbocycles. The third-order valence-electron chi connectivity index (χ3n) is 11.0. The summed E-state index contributed by atoms with van der Waals surface area (Å²) in [5.41, 5.74) is -2.37. The largest absolute Gasteiger partial charge is 0.459 e. The maximum absolute atomic E-state index is 13.6. The second-order valence-corrected chi connectivity index (χ2v) is 15.8. The molecule has 3 rings (SSSR count). The smallest absolute Gasteiger partial charge is 0.311 e. The molecule has 2 aliphatic heterocycles. The van der Waals surface area contributed by atoms with Gasteiger partial charge in [0.15, 0.2) is 6.29 Å². The molecule has 3 heterocycles. The first kappa shape index (κ1) is 42.7. The van der Waals surface area contributed by atoms with Crippen molar-refractivity contribution in [3.8, 4) is 0 Å². The van der Waals surface area contributed by atoms with E-state index in [0.717, 1.165) is 12.1 Å². The number of carbonyl (C=O) groups excluding carboxylic acids is 1. The predicted molar refractivity (Wildman–Crippen MR) is 189 cm³/mol. The average molecular weight is 714 g/mol. The van der Waals surface area contributed by atoms with Crippen LogP contribution in [0.4, 0.5) is 0 Å². The molecule has 1 aromatic rings. The van der Waals surface area contributed by atoms with Crippen LogP contribution < -0.4 is 5.32 Å². The molecule has 50 heavy (non-hydrogen) atoms. The number of ether oxygens (including phenoxy) is 3. The zero-order valence-corrected chi connectivity index (χ0v) is 32.0. The van der Waals surface area contributed by atoms with Crippen LogP contribution in [0.1, 0.15) is 86.8 Å². The van der Waals surface area contributed by atoms with E-state index in [-0.39, 0.29) is 30.9 Å². The molecular weight excluding hydrogens is 646 g/mol. The number of cyclic esters (lactones) is 1. The quantitative estimate of drug-likeness (QED) is 0.136. The standard InChI is InChI=1S/C36H67N5O9/c1-11-28-36(8,47)31(44)25(6)41(14-12-13-37-17-26-18-38-20-39-26)19-21(2)16-35(7,46)32(23(4)29(42)24(5)33(45)49-28)50-34-30(43)27(40(9)10)15-22(3)48-34/h18,20-25,27-32,34,37,42-44,46-47H,11-17,19H2,1-10H3,(H,38,39)/t21-,22-,23+,24-,25-,27+,28-,29+,30-,31-,32-,34+,35-,36-/m1/s1.